The highest BCUT2D eigenvalue weighted by Crippen LogP contribution is 2.48. The van der Waals surface area contributed by atoms with Gasteiger partial charge in [0.05, 0.1) is 8.22 Å². The van der Waals surface area contributed by atoms with E-state index in [4.69, 9.17) is 11.3 Å². The molecule has 1 heterocycles. The lowest BCUT2D eigenvalue weighted by Gasteiger charge is -2.20. The zero-order valence-corrected chi connectivity index (χ0v) is 23.0. The Morgan fingerprint density at radius 1 is 0.419 bits per heavy atom. The molecule has 0 radical (unpaired) electrons. The molecule has 0 aliphatic rings. The molecular weight excluding hydrogens is 520 g/mol. The van der Waals surface area contributed by atoms with Gasteiger partial charge in [0.1, 0.15) is 11.2 Å². The summed E-state index contributed by atoms with van der Waals surface area (Å²) in [5.41, 5.74) is 6.94. The van der Waals surface area contributed by atoms with Crippen molar-refractivity contribution in [3.05, 3.63) is 158 Å². The highest BCUT2D eigenvalue weighted by atomic mass is 16.3. The van der Waals surface area contributed by atoms with Gasteiger partial charge in [-0.1, -0.05) is 145 Å². The average molecular weight is 553 g/mol. The third-order valence-corrected chi connectivity index (χ3v) is 8.42. The number of benzene rings is 8. The van der Waals surface area contributed by atoms with Crippen LogP contribution in [0.4, 0.5) is 0 Å². The summed E-state index contributed by atoms with van der Waals surface area (Å²) in [4.78, 5) is 0. The molecule has 0 saturated carbocycles. The first-order valence-corrected chi connectivity index (χ1v) is 14.3. The number of rotatable bonds is 3. The Morgan fingerprint density at radius 3 is 1.72 bits per heavy atom. The van der Waals surface area contributed by atoms with E-state index < -0.39 is 12.1 Å². The fourth-order valence-electron chi connectivity index (χ4n) is 6.63. The lowest BCUT2D eigenvalue weighted by molar-refractivity contribution is 0.673. The van der Waals surface area contributed by atoms with Crippen molar-refractivity contribution in [2.45, 2.75) is 0 Å². The van der Waals surface area contributed by atoms with Crippen LogP contribution >= 0.6 is 0 Å². The van der Waals surface area contributed by atoms with Crippen molar-refractivity contribution >= 4 is 54.3 Å². The van der Waals surface area contributed by atoms with Gasteiger partial charge in [-0.25, -0.2) is 0 Å². The van der Waals surface area contributed by atoms with Gasteiger partial charge in [-0.05, 0) is 72.4 Å². The van der Waals surface area contributed by atoms with Crippen LogP contribution in [0.2, 0.25) is 0 Å². The van der Waals surface area contributed by atoms with Gasteiger partial charge in [0.2, 0.25) is 0 Å². The smallest absolute Gasteiger partial charge is 0.143 e. The molecule has 0 N–H and O–H groups in total. The van der Waals surface area contributed by atoms with Gasteiger partial charge < -0.3 is 4.42 Å². The zero-order chi connectivity index (χ0) is 33.6. The molecule has 43 heavy (non-hydrogen) atoms. The Morgan fingerprint density at radius 2 is 1.00 bits per heavy atom. The van der Waals surface area contributed by atoms with E-state index in [9.17, 15) is 1.37 Å². The van der Waals surface area contributed by atoms with Crippen LogP contribution in [0.15, 0.2) is 162 Å². The maximum atomic E-state index is 9.20. The summed E-state index contributed by atoms with van der Waals surface area (Å²) in [7, 11) is 0. The van der Waals surface area contributed by atoms with E-state index in [1.165, 1.54) is 0 Å². The van der Waals surface area contributed by atoms with Crippen LogP contribution in [0.1, 0.15) is 8.22 Å². The third-order valence-electron chi connectivity index (χ3n) is 8.42. The lowest BCUT2D eigenvalue weighted by atomic mass is 9.83. The van der Waals surface area contributed by atoms with Crippen LogP contribution in [0.3, 0.4) is 0 Å². The quantitative estimate of drug-likeness (QED) is 0.199. The molecular formula is C42H26O. The number of hydrogen-bond acceptors (Lipinski definition) is 1. The van der Waals surface area contributed by atoms with Crippen molar-refractivity contribution in [3.8, 4) is 33.4 Å². The van der Waals surface area contributed by atoms with Crippen molar-refractivity contribution in [1.29, 1.82) is 0 Å². The molecule has 9 rings (SSSR count). The SMILES string of the molecule is [2H]c1c([2H])c([2H])c2c(c1[2H])c([2H])c([2H])c1c2oc2cccc(-c3c4ccccc4c(-c4ccccc4-c4ccccc4)c4ccccc34)c21. The predicted octanol–water partition coefficient (Wildman–Crippen LogP) is 12.0. The van der Waals surface area contributed by atoms with Crippen LogP contribution in [0, 0.1) is 0 Å². The first-order chi connectivity index (χ1) is 23.9. The Bertz CT molecular complexity index is 2780. The van der Waals surface area contributed by atoms with Gasteiger partial charge in [-0.2, -0.15) is 0 Å². The maximum absolute atomic E-state index is 9.20. The van der Waals surface area contributed by atoms with Crippen molar-refractivity contribution in [1.82, 2.24) is 0 Å². The second-order valence-electron chi connectivity index (χ2n) is 10.7. The first kappa shape index (κ1) is 18.7. The van der Waals surface area contributed by atoms with Gasteiger partial charge in [0.25, 0.3) is 0 Å². The van der Waals surface area contributed by atoms with Crippen molar-refractivity contribution < 1.29 is 12.6 Å². The van der Waals surface area contributed by atoms with E-state index >= 15 is 0 Å². The summed E-state index contributed by atoms with van der Waals surface area (Å²) in [5.74, 6) is 0. The Hall–Kier alpha value is -5.66. The molecule has 1 nitrogen and oxygen atoms in total. The summed E-state index contributed by atoms with van der Waals surface area (Å²) in [6, 6.07) is 39.4. The second kappa shape index (κ2) is 9.44. The minimum atomic E-state index is -0.437. The van der Waals surface area contributed by atoms with E-state index in [2.05, 4.69) is 84.9 Å². The van der Waals surface area contributed by atoms with E-state index in [0.717, 1.165) is 54.9 Å². The van der Waals surface area contributed by atoms with Crippen molar-refractivity contribution in [2.75, 3.05) is 0 Å². The van der Waals surface area contributed by atoms with Gasteiger partial charge in [0.15, 0.2) is 0 Å². The Kier molecular flexibility index (Phi) is 4.11. The average Bonchev–Trinajstić information content (AvgIpc) is 3.54. The third kappa shape index (κ3) is 3.58. The van der Waals surface area contributed by atoms with E-state index in [1.54, 1.807) is 0 Å². The van der Waals surface area contributed by atoms with Gasteiger partial charge in [0, 0.05) is 16.2 Å². The predicted molar refractivity (Wildman–Crippen MR) is 183 cm³/mol. The van der Waals surface area contributed by atoms with Crippen molar-refractivity contribution in [3.63, 3.8) is 0 Å². The normalized spacial score (nSPS) is 13.7. The second-order valence-corrected chi connectivity index (χ2v) is 10.7. The summed E-state index contributed by atoms with van der Waals surface area (Å²) < 4.78 is 58.5. The molecule has 0 spiro atoms. The van der Waals surface area contributed by atoms with Gasteiger partial charge >= 0.3 is 0 Å². The lowest BCUT2D eigenvalue weighted by Crippen LogP contribution is -1.93. The highest BCUT2D eigenvalue weighted by molar-refractivity contribution is 6.27. The molecule has 0 atom stereocenters. The number of furan rings is 1. The summed E-state index contributed by atoms with van der Waals surface area (Å²) in [6.45, 7) is 0. The zero-order valence-electron chi connectivity index (χ0n) is 29.0. The van der Waals surface area contributed by atoms with E-state index in [1.807, 2.05) is 36.4 Å². The Labute approximate surface area is 257 Å². The maximum Gasteiger partial charge on any atom is 0.143 e. The standard InChI is InChI=1S/C42H26O/c1-2-13-27(14-3-1)29-16-6-7-18-31(29)39-32-19-8-10-21-34(32)40(35-22-11-9-20-33(35)39)36-23-12-24-38-41(36)37-26-25-28-15-4-5-17-30(28)42(37)43-38/h1-26H/i4D,5D,15D,17D,25D,26D. The molecule has 0 fully saturated rings. The van der Waals surface area contributed by atoms with Gasteiger partial charge in [-0.3, -0.25) is 0 Å². The van der Waals surface area contributed by atoms with Crippen LogP contribution in [0.25, 0.3) is 87.6 Å². The molecule has 200 valence electrons. The topological polar surface area (TPSA) is 13.1 Å². The van der Waals surface area contributed by atoms with Crippen molar-refractivity contribution in [2.24, 2.45) is 0 Å². The van der Waals surface area contributed by atoms with Crippen LogP contribution in [-0.2, 0) is 0 Å². The fraction of sp³-hybridized carbons (Fsp3) is 0. The summed E-state index contributed by atoms with van der Waals surface area (Å²) in [6.07, 6.45) is 0. The highest BCUT2D eigenvalue weighted by Gasteiger charge is 2.21. The molecule has 8 aromatic carbocycles. The summed E-state index contributed by atoms with van der Waals surface area (Å²) in [5, 5.41) is 5.26. The van der Waals surface area contributed by atoms with Gasteiger partial charge in [-0.15, -0.1) is 0 Å². The molecule has 1 heteroatoms. The fourth-order valence-corrected chi connectivity index (χ4v) is 6.63. The first-order valence-electron chi connectivity index (χ1n) is 17.3. The largest absolute Gasteiger partial charge is 0.455 e. The minimum Gasteiger partial charge on any atom is -0.455 e. The molecule has 9 aromatic rings. The molecule has 0 unspecified atom stereocenters. The van der Waals surface area contributed by atoms with Crippen LogP contribution < -0.4 is 0 Å². The van der Waals surface area contributed by atoms with E-state index in [-0.39, 0.29) is 40.5 Å². The monoisotopic (exact) mass is 552 g/mol. The molecule has 0 amide bonds. The Balaban J connectivity index is 1.45. The molecule has 0 aliphatic heterocycles. The molecule has 1 aromatic heterocycles. The molecule has 0 bridgehead atoms. The van der Waals surface area contributed by atoms with Crippen LogP contribution in [-0.4, -0.2) is 0 Å². The summed E-state index contributed by atoms with van der Waals surface area (Å²) >= 11 is 0. The van der Waals surface area contributed by atoms with Crippen LogP contribution in [0.5, 0.6) is 0 Å². The minimum absolute atomic E-state index is 0.0126. The molecule has 0 saturated heterocycles. The number of hydrogen-bond donors (Lipinski definition) is 0. The number of fused-ring (bicyclic) bond motifs is 7. The molecule has 0 aliphatic carbocycles. The van der Waals surface area contributed by atoms with E-state index in [0.29, 0.717) is 16.4 Å².